The molecule has 2 aromatic carbocycles. The van der Waals surface area contributed by atoms with Gasteiger partial charge in [-0.1, -0.05) is 46.8 Å². The minimum absolute atomic E-state index is 0.915. The van der Waals surface area contributed by atoms with Crippen molar-refractivity contribution in [3.8, 4) is 0 Å². The Morgan fingerprint density at radius 3 is 2.77 bits per heavy atom. The van der Waals surface area contributed by atoms with E-state index >= 15 is 0 Å². The first-order chi connectivity index (χ1) is 10.9. The van der Waals surface area contributed by atoms with Crippen molar-refractivity contribution >= 4 is 33.6 Å². The summed E-state index contributed by atoms with van der Waals surface area (Å²) in [6, 6.07) is 17.8. The van der Waals surface area contributed by atoms with Gasteiger partial charge in [-0.15, -0.1) is 0 Å². The first-order valence-electron chi connectivity index (χ1n) is 7.77. The monoisotopic (exact) mass is 290 g/mol. The topological polar surface area (TPSA) is 19.2 Å². The number of unbranched alkanes of at least 4 members (excludes halogenated alkanes) is 1. The van der Waals surface area contributed by atoms with Crippen molar-refractivity contribution in [2.45, 2.75) is 19.8 Å². The molecule has 3 aromatic rings. The van der Waals surface area contributed by atoms with Crippen molar-refractivity contribution in [2.24, 2.45) is 0 Å². The Kier molecular flexibility index (Phi) is 3.14. The molecule has 3 heteroatoms. The molecule has 22 heavy (non-hydrogen) atoms. The summed E-state index contributed by atoms with van der Waals surface area (Å²) >= 11 is 0. The van der Waals surface area contributed by atoms with Crippen LogP contribution in [-0.2, 0) is 0 Å². The van der Waals surface area contributed by atoms with Crippen LogP contribution in [0.1, 0.15) is 19.8 Å². The van der Waals surface area contributed by atoms with Gasteiger partial charge in [0.25, 0.3) is 11.9 Å². The molecule has 4 rings (SSSR count). The highest BCUT2D eigenvalue weighted by Crippen LogP contribution is 2.34. The van der Waals surface area contributed by atoms with E-state index in [1.165, 1.54) is 12.8 Å². The van der Waals surface area contributed by atoms with Crippen molar-refractivity contribution in [3.05, 3.63) is 54.9 Å². The van der Waals surface area contributed by atoms with E-state index in [4.69, 9.17) is 4.42 Å². The van der Waals surface area contributed by atoms with Gasteiger partial charge in [-0.2, -0.15) is 0 Å². The highest BCUT2D eigenvalue weighted by atomic mass is 16.3. The lowest BCUT2D eigenvalue weighted by Crippen LogP contribution is -2.03. The minimum atomic E-state index is 0.915. The summed E-state index contributed by atoms with van der Waals surface area (Å²) in [5.41, 5.74) is 2.87. The van der Waals surface area contributed by atoms with Gasteiger partial charge in [0, 0.05) is 23.3 Å². The molecule has 0 bridgehead atoms. The van der Waals surface area contributed by atoms with Gasteiger partial charge in [0.2, 0.25) is 11.8 Å². The first kappa shape index (κ1) is 13.1. The summed E-state index contributed by atoms with van der Waals surface area (Å²) in [5.74, 6) is 0. The van der Waals surface area contributed by atoms with E-state index in [9.17, 15) is 0 Å². The third-order valence-corrected chi connectivity index (χ3v) is 4.03. The zero-order valence-corrected chi connectivity index (χ0v) is 12.6. The number of fused-ring (bicyclic) bond motifs is 3. The number of rotatable bonds is 4. The average molecular weight is 290 g/mol. The van der Waals surface area contributed by atoms with Crippen LogP contribution < -0.4 is 0 Å². The van der Waals surface area contributed by atoms with Gasteiger partial charge in [0.05, 0.1) is 0 Å². The van der Waals surface area contributed by atoms with E-state index in [0.29, 0.717) is 0 Å². The number of furan rings is 1. The van der Waals surface area contributed by atoms with Crippen molar-refractivity contribution in [3.63, 3.8) is 0 Å². The van der Waals surface area contributed by atoms with Crippen LogP contribution in [0.15, 0.2) is 59.3 Å². The van der Waals surface area contributed by atoms with E-state index in [0.717, 1.165) is 34.2 Å². The van der Waals surface area contributed by atoms with Crippen LogP contribution in [0.4, 0.5) is 5.69 Å². The van der Waals surface area contributed by atoms with Crippen LogP contribution >= 0.6 is 0 Å². The zero-order chi connectivity index (χ0) is 14.9. The SMILES string of the molecule is CCCC[N+]1=C=[N+](c2cccc3c2oc2ccccc23)C=C1. The summed E-state index contributed by atoms with van der Waals surface area (Å²) in [6.45, 7) is 3.20. The maximum Gasteiger partial charge on any atom is 0.495 e. The molecule has 0 radical (unpaired) electrons. The molecular formula is C19H18N2O+2. The standard InChI is InChI=1S/C19H18N2O/c1-2-3-11-20-12-13-21(14-20)17-9-6-8-16-15-7-4-5-10-18(15)22-19(16)17/h4-10,12-13H,2-3,11H2,1H3/q+2. The van der Waals surface area contributed by atoms with Crippen molar-refractivity contribution in [2.75, 3.05) is 6.54 Å². The molecule has 0 spiro atoms. The molecule has 0 saturated carbocycles. The van der Waals surface area contributed by atoms with Gasteiger partial charge in [-0.25, -0.2) is 0 Å². The summed E-state index contributed by atoms with van der Waals surface area (Å²) in [4.78, 5) is 0. The van der Waals surface area contributed by atoms with Crippen molar-refractivity contribution in [1.29, 1.82) is 0 Å². The second-order valence-electron chi connectivity index (χ2n) is 5.57. The molecule has 0 aliphatic carbocycles. The number of nitrogens with zero attached hydrogens (tertiary/aromatic N) is 2. The van der Waals surface area contributed by atoms with Gasteiger partial charge in [0.15, 0.2) is 6.54 Å². The fourth-order valence-corrected chi connectivity index (χ4v) is 2.86. The normalized spacial score (nSPS) is 13.9. The van der Waals surface area contributed by atoms with Gasteiger partial charge in [-0.05, 0) is 12.1 Å². The largest absolute Gasteiger partial charge is 0.495 e. The Morgan fingerprint density at radius 2 is 1.86 bits per heavy atom. The molecule has 2 heterocycles. The molecule has 0 fully saturated rings. The fourth-order valence-electron chi connectivity index (χ4n) is 2.86. The van der Waals surface area contributed by atoms with Crippen LogP contribution in [0.5, 0.6) is 0 Å². The minimum Gasteiger partial charge on any atom is -0.449 e. The smallest absolute Gasteiger partial charge is 0.449 e. The first-order valence-corrected chi connectivity index (χ1v) is 7.77. The molecular weight excluding hydrogens is 272 g/mol. The van der Waals surface area contributed by atoms with Crippen LogP contribution in [0.3, 0.4) is 0 Å². The molecule has 0 N–H and O–H groups in total. The number of benzene rings is 2. The predicted octanol–water partition coefficient (Wildman–Crippen LogP) is 4.70. The molecule has 3 nitrogen and oxygen atoms in total. The number of para-hydroxylation sites is 2. The molecule has 0 saturated heterocycles. The Labute approximate surface area is 129 Å². The predicted molar refractivity (Wildman–Crippen MR) is 87.8 cm³/mol. The Bertz CT molecular complexity index is 956. The van der Waals surface area contributed by atoms with Crippen molar-refractivity contribution < 1.29 is 13.6 Å². The summed E-state index contributed by atoms with van der Waals surface area (Å²) in [7, 11) is 0. The van der Waals surface area contributed by atoms with E-state index in [1.807, 2.05) is 29.0 Å². The highest BCUT2D eigenvalue weighted by molar-refractivity contribution is 6.07. The molecule has 0 unspecified atom stereocenters. The molecule has 108 valence electrons. The second kappa shape index (κ2) is 5.28. The van der Waals surface area contributed by atoms with Crippen LogP contribution in [0.25, 0.3) is 21.9 Å². The summed E-state index contributed by atoms with van der Waals surface area (Å²) in [5, 5.41) is 2.31. The Morgan fingerprint density at radius 1 is 1.00 bits per heavy atom. The maximum absolute atomic E-state index is 6.08. The second-order valence-corrected chi connectivity index (χ2v) is 5.57. The Balaban J connectivity index is 1.90. The molecule has 1 aromatic heterocycles. The van der Waals surface area contributed by atoms with Crippen LogP contribution in [-0.4, -0.2) is 21.7 Å². The van der Waals surface area contributed by atoms with E-state index in [2.05, 4.69) is 48.0 Å². The van der Waals surface area contributed by atoms with Crippen LogP contribution in [0.2, 0.25) is 0 Å². The van der Waals surface area contributed by atoms with Crippen LogP contribution in [0, 0.1) is 0 Å². The van der Waals surface area contributed by atoms with Gasteiger partial charge >= 0.3 is 6.01 Å². The van der Waals surface area contributed by atoms with E-state index in [1.54, 1.807) is 0 Å². The number of hydrogen-bond donors (Lipinski definition) is 0. The van der Waals surface area contributed by atoms with Crippen molar-refractivity contribution in [1.82, 2.24) is 0 Å². The van der Waals surface area contributed by atoms with E-state index < -0.39 is 0 Å². The summed E-state index contributed by atoms with van der Waals surface area (Å²) in [6.07, 6.45) is 6.46. The summed E-state index contributed by atoms with van der Waals surface area (Å²) < 4.78 is 10.2. The zero-order valence-electron chi connectivity index (χ0n) is 12.6. The van der Waals surface area contributed by atoms with Gasteiger partial charge < -0.3 is 4.42 Å². The Hall–Kier alpha value is -2.64. The molecule has 1 aliphatic rings. The quantitative estimate of drug-likeness (QED) is 0.637. The fraction of sp³-hybridized carbons (Fsp3) is 0.211. The molecule has 0 amide bonds. The lowest BCUT2D eigenvalue weighted by atomic mass is 10.1. The maximum atomic E-state index is 6.08. The van der Waals surface area contributed by atoms with Gasteiger partial charge in [-0.3, -0.25) is 0 Å². The third-order valence-electron chi connectivity index (χ3n) is 4.03. The highest BCUT2D eigenvalue weighted by Gasteiger charge is 2.23. The molecule has 1 aliphatic heterocycles. The third kappa shape index (κ3) is 2.07. The lowest BCUT2D eigenvalue weighted by molar-refractivity contribution is -0.460. The number of hydrogen-bond acceptors (Lipinski definition) is 1. The van der Waals surface area contributed by atoms with Gasteiger partial charge in [0.1, 0.15) is 5.58 Å². The molecule has 0 atom stereocenters. The van der Waals surface area contributed by atoms with E-state index in [-0.39, 0.29) is 0 Å². The lowest BCUT2D eigenvalue weighted by Gasteiger charge is -1.91. The average Bonchev–Trinajstić information content (AvgIpc) is 3.17.